The number of ketones is 1. The van der Waals surface area contributed by atoms with Crippen LogP contribution in [0.5, 0.6) is 0 Å². The highest BCUT2D eigenvalue weighted by molar-refractivity contribution is 7.85. The lowest BCUT2D eigenvalue weighted by Crippen LogP contribution is -2.48. The van der Waals surface area contributed by atoms with Crippen molar-refractivity contribution in [2.24, 2.45) is 17.3 Å². The van der Waals surface area contributed by atoms with Crippen LogP contribution < -0.4 is 10.6 Å². The van der Waals surface area contributed by atoms with E-state index < -0.39 is 106 Å². The number of nitrogens with one attached hydrogen (secondary N) is 2. The van der Waals surface area contributed by atoms with E-state index in [1.165, 1.54) is 6.92 Å². The number of hydrogen-bond donors (Lipinski definition) is 3. The first-order chi connectivity index (χ1) is 49.6. The van der Waals surface area contributed by atoms with E-state index in [4.69, 9.17) is 94.6 Å². The number of methoxy groups -OCH3 is 1. The van der Waals surface area contributed by atoms with E-state index in [0.717, 1.165) is 22.0 Å². The Hall–Kier alpha value is -5.60. The van der Waals surface area contributed by atoms with E-state index in [0.29, 0.717) is 202 Å². The summed E-state index contributed by atoms with van der Waals surface area (Å²) < 4.78 is 135. The van der Waals surface area contributed by atoms with Crippen molar-refractivity contribution in [2.75, 3.05) is 250 Å². The Kier molecular flexibility index (Phi) is 50.4. The van der Waals surface area contributed by atoms with E-state index in [1.54, 1.807) is 59.9 Å². The number of rotatable bonds is 65. The highest BCUT2D eigenvalue weighted by Gasteiger charge is 2.47. The highest BCUT2D eigenvalue weighted by Crippen LogP contribution is 2.28. The second-order valence-corrected chi connectivity index (χ2v) is 25.9. The minimum Gasteiger partial charge on any atom is -0.460 e. The molecule has 0 saturated carbocycles. The minimum absolute atomic E-state index is 0.0281. The summed E-state index contributed by atoms with van der Waals surface area (Å²) in [5, 5.41) is 5.45. The smallest absolute Gasteiger partial charge is 0.311 e. The standard InChI is InChI=1S/C69H112N4O29S/c1-54(2)61(49-60(74)50-72-59(52-99-45-46-103(81,82)83)48-62(67(72)79)73-63(75)12-13-64(73)76)66(78)70-55(3)65(77)71-58-11-10-57(51-102-68(80)69(4,5)6)56(47-58)9-8-14-85-17-18-87-21-22-89-25-26-91-27-28-92-29-30-93-31-32-94-34-36-96-38-40-98-42-44-101-53-100-43-41-97-39-37-95-35-33-90-24-23-88-20-19-86-16-15-84-7/h10-13,47,54-55,59,61-62H,14-46,48-53H2,1-7H3,(H,70,78)(H,71,77)(H,81,82,83)/t55-,59-,61-,62-/m0/s1. The molecule has 1 fully saturated rings. The Balaban J connectivity index is 1.18. The molecule has 0 spiro atoms. The third-order valence-corrected chi connectivity index (χ3v) is 15.4. The van der Waals surface area contributed by atoms with Crippen molar-refractivity contribution in [2.45, 2.75) is 79.1 Å². The van der Waals surface area contributed by atoms with Gasteiger partial charge in [0.1, 0.15) is 32.1 Å². The first kappa shape index (κ1) is 91.6. The van der Waals surface area contributed by atoms with Gasteiger partial charge in [-0.3, -0.25) is 43.0 Å². The average Bonchev–Trinajstić information content (AvgIpc) is 1.64. The maximum atomic E-state index is 13.7. The normalized spacial score (nSPS) is 15.3. The number of anilines is 1. The zero-order valence-corrected chi connectivity index (χ0v) is 61.8. The highest BCUT2D eigenvalue weighted by atomic mass is 32.2. The van der Waals surface area contributed by atoms with E-state index in [-0.39, 0.29) is 52.7 Å². The van der Waals surface area contributed by atoms with Crippen molar-refractivity contribution in [1.29, 1.82) is 0 Å². The Labute approximate surface area is 605 Å². The van der Waals surface area contributed by atoms with Crippen molar-refractivity contribution < 1.29 is 137 Å². The number of ether oxygens (including phenoxy) is 19. The van der Waals surface area contributed by atoms with Gasteiger partial charge in [0.05, 0.1) is 235 Å². The van der Waals surface area contributed by atoms with Crippen LogP contribution in [-0.2, 0) is 140 Å². The molecular weight excluding hydrogens is 1380 g/mol. The quantitative estimate of drug-likeness (QED) is 0.0208. The SMILES string of the molecule is COCCOCCOCCOCCOCCOCCOCOCCOCCOCCOCCOCCOCCOCCOCCOCCOCC#Cc1cc(NC(=O)[C@H](C)NC(=O)[C@@H](CC(=O)CN2C(=O)[C@@H](N3C(=O)C=CC3=O)C[C@H]2COCCS(=O)(=O)O)C(C)C)ccc1COC(=O)C(C)(C)C. The Bertz CT molecular complexity index is 2740. The van der Waals surface area contributed by atoms with Gasteiger partial charge in [0.25, 0.3) is 21.9 Å². The summed E-state index contributed by atoms with van der Waals surface area (Å²) in [4.78, 5) is 94.2. The van der Waals surface area contributed by atoms with Gasteiger partial charge in [-0.25, -0.2) is 0 Å². The second-order valence-electron chi connectivity index (χ2n) is 24.4. The van der Waals surface area contributed by atoms with Crippen LogP contribution >= 0.6 is 0 Å². The van der Waals surface area contributed by atoms with Gasteiger partial charge in [0.2, 0.25) is 17.7 Å². The molecule has 33 nitrogen and oxygen atoms in total. The number of imide groups is 1. The fraction of sp³-hybridized carbons (Fsp3) is 0.754. The molecule has 588 valence electrons. The van der Waals surface area contributed by atoms with Crippen molar-refractivity contribution in [3.8, 4) is 11.8 Å². The number of esters is 1. The molecule has 0 unspecified atom stereocenters. The number of carbonyl (C=O) groups excluding carboxylic acids is 7. The van der Waals surface area contributed by atoms with Crippen LogP contribution in [0.1, 0.15) is 65.5 Å². The van der Waals surface area contributed by atoms with Crippen molar-refractivity contribution in [1.82, 2.24) is 15.1 Å². The van der Waals surface area contributed by atoms with Crippen LogP contribution in [0.3, 0.4) is 0 Å². The summed E-state index contributed by atoms with van der Waals surface area (Å²) in [5.74, 6) is -0.479. The molecule has 3 rings (SSSR count). The van der Waals surface area contributed by atoms with Gasteiger partial charge >= 0.3 is 5.97 Å². The van der Waals surface area contributed by atoms with Gasteiger partial charge in [-0.15, -0.1) is 0 Å². The molecule has 1 saturated heterocycles. The Morgan fingerprint density at radius 2 is 0.990 bits per heavy atom. The minimum atomic E-state index is -4.36. The van der Waals surface area contributed by atoms with Crippen molar-refractivity contribution in [3.05, 3.63) is 41.5 Å². The zero-order valence-electron chi connectivity index (χ0n) is 61.0. The summed E-state index contributed by atoms with van der Waals surface area (Å²) in [6, 6.07) is 1.61. The molecule has 3 N–H and O–H groups in total. The van der Waals surface area contributed by atoms with Crippen LogP contribution in [-0.4, -0.2) is 326 Å². The number of benzene rings is 1. The van der Waals surface area contributed by atoms with E-state index in [1.807, 2.05) is 0 Å². The molecule has 5 amide bonds. The molecule has 2 heterocycles. The van der Waals surface area contributed by atoms with Crippen LogP contribution in [0.15, 0.2) is 30.4 Å². The summed E-state index contributed by atoms with van der Waals surface area (Å²) >= 11 is 0. The van der Waals surface area contributed by atoms with Gasteiger partial charge in [0, 0.05) is 54.8 Å². The number of Topliss-reactive ketones (excluding diaryl/α,β-unsaturated/α-hetero) is 1. The molecule has 2 aliphatic rings. The topological polar surface area (TPSA) is 380 Å². The third kappa shape index (κ3) is 44.2. The lowest BCUT2D eigenvalue weighted by Gasteiger charge is -2.26. The number of likely N-dealkylation sites (tertiary alicyclic amines) is 1. The number of amides is 5. The summed E-state index contributed by atoms with van der Waals surface area (Å²) in [7, 11) is -2.73. The maximum Gasteiger partial charge on any atom is 0.311 e. The Morgan fingerprint density at radius 3 is 1.40 bits per heavy atom. The van der Waals surface area contributed by atoms with Crippen LogP contribution in [0, 0.1) is 29.1 Å². The van der Waals surface area contributed by atoms with Gasteiger partial charge < -0.3 is 106 Å². The predicted molar refractivity (Wildman–Crippen MR) is 369 cm³/mol. The molecular formula is C69H112N4O29S. The lowest BCUT2D eigenvalue weighted by atomic mass is 9.89. The maximum absolute atomic E-state index is 13.7. The van der Waals surface area contributed by atoms with E-state index >= 15 is 0 Å². The lowest BCUT2D eigenvalue weighted by molar-refractivity contribution is -0.154. The first-order valence-corrected chi connectivity index (χ1v) is 36.3. The number of nitrogens with zero attached hydrogens (tertiary/aromatic N) is 2. The molecule has 4 atom stereocenters. The monoisotopic (exact) mass is 1490 g/mol. The van der Waals surface area contributed by atoms with Crippen molar-refractivity contribution in [3.63, 3.8) is 0 Å². The van der Waals surface area contributed by atoms with Crippen LogP contribution in [0.25, 0.3) is 0 Å². The van der Waals surface area contributed by atoms with Gasteiger partial charge in [-0.05, 0) is 45.7 Å². The van der Waals surface area contributed by atoms with Crippen molar-refractivity contribution >= 4 is 57.1 Å². The number of carbonyl (C=O) groups is 7. The molecule has 0 aliphatic carbocycles. The van der Waals surface area contributed by atoms with E-state index in [9.17, 15) is 42.0 Å². The predicted octanol–water partition coefficient (Wildman–Crippen LogP) is 1.47. The zero-order chi connectivity index (χ0) is 75.2. The van der Waals surface area contributed by atoms with Gasteiger partial charge in [-0.1, -0.05) is 31.8 Å². The van der Waals surface area contributed by atoms with Crippen LogP contribution in [0.2, 0.25) is 0 Å². The average molecular weight is 1490 g/mol. The third-order valence-electron chi connectivity index (χ3n) is 14.7. The first-order valence-electron chi connectivity index (χ1n) is 34.7. The number of hydrogen-bond acceptors (Lipinski definition) is 28. The summed E-state index contributed by atoms with van der Waals surface area (Å²) in [5.41, 5.74) is 0.541. The second kappa shape index (κ2) is 56.7. The molecule has 0 bridgehead atoms. The molecule has 0 radical (unpaired) electrons. The molecule has 34 heteroatoms. The fourth-order valence-corrected chi connectivity index (χ4v) is 9.44. The summed E-state index contributed by atoms with van der Waals surface area (Å²) in [6.45, 7) is 22.0. The van der Waals surface area contributed by atoms with Gasteiger partial charge in [-0.2, -0.15) is 8.42 Å². The van der Waals surface area contributed by atoms with E-state index in [2.05, 4.69) is 22.5 Å². The molecule has 1 aromatic carbocycles. The molecule has 1 aromatic rings. The summed E-state index contributed by atoms with van der Waals surface area (Å²) in [6.07, 6.45) is 1.57. The Morgan fingerprint density at radius 1 is 0.573 bits per heavy atom. The van der Waals surface area contributed by atoms with Gasteiger partial charge in [0.15, 0.2) is 5.78 Å². The van der Waals surface area contributed by atoms with Crippen LogP contribution in [0.4, 0.5) is 5.69 Å². The molecule has 2 aliphatic heterocycles. The molecule has 0 aromatic heterocycles. The largest absolute Gasteiger partial charge is 0.460 e. The molecule has 103 heavy (non-hydrogen) atoms. The fourth-order valence-electron chi connectivity index (χ4n) is 9.11.